The summed E-state index contributed by atoms with van der Waals surface area (Å²) in [5.74, 6) is 1.37. The third-order valence-electron chi connectivity index (χ3n) is 4.41. The summed E-state index contributed by atoms with van der Waals surface area (Å²) in [5.41, 5.74) is 4.19. The first-order valence-corrected chi connectivity index (χ1v) is 10.4. The molecule has 174 valence electrons. The summed E-state index contributed by atoms with van der Waals surface area (Å²) in [4.78, 5) is 11.0. The molecule has 0 aliphatic carbocycles. The lowest BCUT2D eigenvalue weighted by Gasteiger charge is -2.26. The minimum absolute atomic E-state index is 0.0855. The number of ether oxygens (including phenoxy) is 2. The molecule has 3 aromatic rings. The van der Waals surface area contributed by atoms with Crippen molar-refractivity contribution in [1.29, 1.82) is 5.41 Å². The molecule has 8 heteroatoms. The van der Waals surface area contributed by atoms with Crippen molar-refractivity contribution in [3.8, 4) is 11.5 Å². The predicted octanol–water partition coefficient (Wildman–Crippen LogP) is 4.19. The molecular formula is C24H34N4O4. The van der Waals surface area contributed by atoms with Gasteiger partial charge >= 0.3 is 0 Å². The number of fused-ring (bicyclic) bond motifs is 1. The Labute approximate surface area is 190 Å². The first-order chi connectivity index (χ1) is 15.5. The van der Waals surface area contributed by atoms with E-state index >= 15 is 0 Å². The second-order valence-corrected chi connectivity index (χ2v) is 6.35. The first kappa shape index (κ1) is 26.8. The monoisotopic (exact) mass is 442 g/mol. The molecule has 0 saturated carbocycles. The quantitative estimate of drug-likeness (QED) is 0.448. The summed E-state index contributed by atoms with van der Waals surface area (Å²) in [6, 6.07) is 11.5. The van der Waals surface area contributed by atoms with Gasteiger partial charge in [-0.25, -0.2) is 4.98 Å². The van der Waals surface area contributed by atoms with Gasteiger partial charge in [0.2, 0.25) is 0 Å². The Kier molecular flexibility index (Phi) is 11.7. The molecular weight excluding hydrogens is 408 g/mol. The summed E-state index contributed by atoms with van der Waals surface area (Å²) >= 11 is 0. The van der Waals surface area contributed by atoms with E-state index in [0.29, 0.717) is 41.4 Å². The number of anilines is 2. The normalized spacial score (nSPS) is 9.75. The van der Waals surface area contributed by atoms with E-state index in [1.807, 2.05) is 50.2 Å². The predicted molar refractivity (Wildman–Crippen MR) is 130 cm³/mol. The van der Waals surface area contributed by atoms with Crippen LogP contribution in [0, 0.1) is 5.41 Å². The van der Waals surface area contributed by atoms with Gasteiger partial charge in [0.05, 0.1) is 37.2 Å². The minimum atomic E-state index is 0.0855. The third kappa shape index (κ3) is 6.90. The molecule has 3 N–H and O–H groups in total. The average Bonchev–Trinajstić information content (AvgIpc) is 2.85. The fraction of sp³-hybridized carbons (Fsp3) is 0.375. The van der Waals surface area contributed by atoms with Gasteiger partial charge in [0.15, 0.2) is 0 Å². The second-order valence-electron chi connectivity index (χ2n) is 6.35. The van der Waals surface area contributed by atoms with Crippen molar-refractivity contribution in [3.63, 3.8) is 0 Å². The van der Waals surface area contributed by atoms with Crippen LogP contribution in [0.5, 0.6) is 11.5 Å². The number of nitrogens with one attached hydrogen (secondary N) is 1. The third-order valence-corrected chi connectivity index (χ3v) is 4.41. The fourth-order valence-corrected chi connectivity index (χ4v) is 2.93. The molecule has 0 radical (unpaired) electrons. The Bertz CT molecular complexity index is 973. The van der Waals surface area contributed by atoms with E-state index in [1.54, 1.807) is 27.3 Å². The van der Waals surface area contributed by atoms with Crippen molar-refractivity contribution in [1.82, 2.24) is 9.97 Å². The molecule has 8 nitrogen and oxygen atoms in total. The van der Waals surface area contributed by atoms with E-state index in [9.17, 15) is 5.11 Å². The van der Waals surface area contributed by atoms with Gasteiger partial charge in [-0.1, -0.05) is 13.8 Å². The Morgan fingerprint density at radius 1 is 0.969 bits per heavy atom. The van der Waals surface area contributed by atoms with Crippen molar-refractivity contribution >= 4 is 28.1 Å². The summed E-state index contributed by atoms with van der Waals surface area (Å²) in [7, 11) is 4.23. The molecule has 0 bridgehead atoms. The van der Waals surface area contributed by atoms with Gasteiger partial charge in [0.25, 0.3) is 0 Å². The van der Waals surface area contributed by atoms with E-state index in [1.165, 1.54) is 0 Å². The molecule has 3 rings (SSSR count). The molecule has 32 heavy (non-hydrogen) atoms. The van der Waals surface area contributed by atoms with Crippen LogP contribution in [-0.2, 0) is 0 Å². The van der Waals surface area contributed by atoms with E-state index in [-0.39, 0.29) is 6.61 Å². The highest BCUT2D eigenvalue weighted by molar-refractivity contribution is 5.95. The minimum Gasteiger partial charge on any atom is -0.497 e. The van der Waals surface area contributed by atoms with Gasteiger partial charge in [-0.2, -0.15) is 0 Å². The number of rotatable bonds is 8. The SMILES string of the molecule is CC.CO.COc1cc(OC)cc(N(CCCO)c2ccc3ncc(C(C)=N)nc3c2)c1. The van der Waals surface area contributed by atoms with Gasteiger partial charge in [-0.3, -0.25) is 4.98 Å². The lowest BCUT2D eigenvalue weighted by molar-refractivity contribution is 0.291. The number of hydrogen-bond donors (Lipinski definition) is 3. The average molecular weight is 443 g/mol. The van der Waals surface area contributed by atoms with Crippen LogP contribution in [0.15, 0.2) is 42.6 Å². The molecule has 0 saturated heterocycles. The smallest absolute Gasteiger partial charge is 0.124 e. The lowest BCUT2D eigenvalue weighted by Crippen LogP contribution is -2.19. The van der Waals surface area contributed by atoms with Crippen LogP contribution in [0.3, 0.4) is 0 Å². The van der Waals surface area contributed by atoms with E-state index in [0.717, 1.165) is 24.0 Å². The van der Waals surface area contributed by atoms with Crippen molar-refractivity contribution in [3.05, 3.63) is 48.3 Å². The summed E-state index contributed by atoms with van der Waals surface area (Å²) < 4.78 is 10.8. The van der Waals surface area contributed by atoms with E-state index in [2.05, 4.69) is 14.9 Å². The second kappa shape index (κ2) is 14.0. The van der Waals surface area contributed by atoms with Gasteiger partial charge in [0, 0.05) is 49.8 Å². The van der Waals surface area contributed by atoms with Gasteiger partial charge in [0.1, 0.15) is 17.2 Å². The van der Waals surface area contributed by atoms with Gasteiger partial charge in [-0.05, 0) is 31.5 Å². The van der Waals surface area contributed by atoms with Crippen LogP contribution in [0.1, 0.15) is 32.9 Å². The van der Waals surface area contributed by atoms with Crippen LogP contribution in [0.2, 0.25) is 0 Å². The highest BCUT2D eigenvalue weighted by Gasteiger charge is 2.14. The van der Waals surface area contributed by atoms with Crippen molar-refractivity contribution in [2.24, 2.45) is 0 Å². The van der Waals surface area contributed by atoms with E-state index < -0.39 is 0 Å². The molecule has 1 aromatic heterocycles. The number of methoxy groups -OCH3 is 2. The number of aromatic nitrogens is 2. The maximum Gasteiger partial charge on any atom is 0.124 e. The van der Waals surface area contributed by atoms with Crippen LogP contribution in [0.25, 0.3) is 11.0 Å². The number of aliphatic hydroxyl groups excluding tert-OH is 2. The van der Waals surface area contributed by atoms with Crippen molar-refractivity contribution < 1.29 is 19.7 Å². The topological polar surface area (TPSA) is 112 Å². The van der Waals surface area contributed by atoms with E-state index in [4.69, 9.17) is 20.0 Å². The molecule has 2 aromatic carbocycles. The molecule has 0 fully saturated rings. The summed E-state index contributed by atoms with van der Waals surface area (Å²) in [6.45, 7) is 6.38. The Morgan fingerprint density at radius 3 is 2.12 bits per heavy atom. The van der Waals surface area contributed by atoms with Gasteiger partial charge in [-0.15, -0.1) is 0 Å². The Hall–Kier alpha value is -3.23. The Balaban J connectivity index is 0.00000121. The molecule has 0 amide bonds. The standard InChI is InChI=1S/C21H24N4O3.C2H6.CH4O/c1-14(22)21-13-23-19-6-5-15(11-20(19)24-21)25(7-4-8-26)16-9-17(27-2)12-18(10-16)28-3;2*1-2/h5-6,9-13,22,26H,4,7-8H2,1-3H3;1-2H3;2H,1H3. The molecule has 0 aliphatic rings. The number of benzene rings is 2. The number of aliphatic hydroxyl groups is 2. The lowest BCUT2D eigenvalue weighted by atomic mass is 10.2. The van der Waals surface area contributed by atoms with Crippen LogP contribution in [0.4, 0.5) is 11.4 Å². The highest BCUT2D eigenvalue weighted by atomic mass is 16.5. The zero-order valence-corrected chi connectivity index (χ0v) is 19.7. The number of hydrogen-bond acceptors (Lipinski definition) is 8. The molecule has 0 atom stereocenters. The maximum absolute atomic E-state index is 9.36. The molecule has 0 aliphatic heterocycles. The summed E-state index contributed by atoms with van der Waals surface area (Å²) in [6.07, 6.45) is 2.21. The molecule has 1 heterocycles. The first-order valence-electron chi connectivity index (χ1n) is 10.4. The van der Waals surface area contributed by atoms with Gasteiger partial charge < -0.3 is 30.0 Å². The van der Waals surface area contributed by atoms with Crippen molar-refractivity contribution in [2.45, 2.75) is 27.2 Å². The Morgan fingerprint density at radius 2 is 1.59 bits per heavy atom. The largest absolute Gasteiger partial charge is 0.497 e. The fourth-order valence-electron chi connectivity index (χ4n) is 2.93. The van der Waals surface area contributed by atoms with Crippen molar-refractivity contribution in [2.75, 3.05) is 39.4 Å². The van der Waals surface area contributed by atoms with Crippen LogP contribution >= 0.6 is 0 Å². The number of nitrogens with zero attached hydrogens (tertiary/aromatic N) is 3. The zero-order chi connectivity index (χ0) is 24.1. The summed E-state index contributed by atoms with van der Waals surface area (Å²) in [5, 5.41) is 24.2. The molecule has 0 spiro atoms. The van der Waals surface area contributed by atoms with Crippen LogP contribution < -0.4 is 14.4 Å². The zero-order valence-electron chi connectivity index (χ0n) is 19.7. The highest BCUT2D eigenvalue weighted by Crippen LogP contribution is 2.34. The molecule has 0 unspecified atom stereocenters. The maximum atomic E-state index is 9.36. The van der Waals surface area contributed by atoms with Crippen LogP contribution in [-0.4, -0.2) is 60.4 Å².